The van der Waals surface area contributed by atoms with Crippen LogP contribution in [-0.4, -0.2) is 32.3 Å². The van der Waals surface area contributed by atoms with Crippen molar-refractivity contribution in [1.29, 1.82) is 0 Å². The number of imidazole rings is 1. The zero-order chi connectivity index (χ0) is 21.4. The molecule has 1 unspecified atom stereocenters. The fourth-order valence-electron chi connectivity index (χ4n) is 2.89. The highest BCUT2D eigenvalue weighted by Crippen LogP contribution is 2.40. The number of fused-ring (bicyclic) bond motifs is 1. The monoisotopic (exact) mass is 406 g/mol. The number of halogens is 3. The Balaban J connectivity index is 2.17. The normalized spacial score (nSPS) is 14.4. The number of aromatic nitrogens is 3. The zero-order valence-corrected chi connectivity index (χ0v) is 16.2. The third-order valence-corrected chi connectivity index (χ3v) is 4.67. The van der Waals surface area contributed by atoms with Gasteiger partial charge in [-0.15, -0.1) is 0 Å². The Kier molecular flexibility index (Phi) is 5.27. The van der Waals surface area contributed by atoms with Crippen molar-refractivity contribution < 1.29 is 23.0 Å². The third kappa shape index (κ3) is 3.77. The number of nitrogens with zero attached hydrogens (tertiary/aromatic N) is 3. The maximum atomic E-state index is 13.3. The molecule has 0 aliphatic heterocycles. The molecule has 0 bridgehead atoms. The van der Waals surface area contributed by atoms with Crippen LogP contribution in [0.1, 0.15) is 30.7 Å². The molecule has 0 aliphatic rings. The van der Waals surface area contributed by atoms with Gasteiger partial charge in [0, 0.05) is 11.8 Å². The lowest BCUT2D eigenvalue weighted by Crippen LogP contribution is -2.39. The van der Waals surface area contributed by atoms with Crippen LogP contribution in [0.25, 0.3) is 23.0 Å². The lowest BCUT2D eigenvalue weighted by atomic mass is 9.91. The molecule has 0 fully saturated rings. The second-order valence-corrected chi connectivity index (χ2v) is 6.75. The van der Waals surface area contributed by atoms with Gasteiger partial charge in [0.1, 0.15) is 0 Å². The quantitative estimate of drug-likeness (QED) is 0.624. The average molecular weight is 406 g/mol. The molecule has 0 saturated carbocycles. The summed E-state index contributed by atoms with van der Waals surface area (Å²) in [6.07, 6.45) is 1.47. The fourth-order valence-corrected chi connectivity index (χ4v) is 2.89. The molecule has 6 nitrogen and oxygen atoms in total. The molecule has 0 radical (unpaired) electrons. The summed E-state index contributed by atoms with van der Waals surface area (Å²) in [4.78, 5) is 8.48. The average Bonchev–Trinajstić information content (AvgIpc) is 3.05. The summed E-state index contributed by atoms with van der Waals surface area (Å²) in [5.74, 6) is 0.172. The number of aliphatic hydroxyl groups is 1. The van der Waals surface area contributed by atoms with Crippen LogP contribution in [0.4, 0.5) is 19.0 Å². The van der Waals surface area contributed by atoms with Gasteiger partial charge in [-0.3, -0.25) is 4.40 Å². The second kappa shape index (κ2) is 7.40. The number of nitrogen functional groups attached to an aromatic ring is 1. The predicted molar refractivity (Wildman–Crippen MR) is 104 cm³/mol. The Morgan fingerprint density at radius 1 is 1.31 bits per heavy atom. The Bertz CT molecular complexity index is 1070. The maximum Gasteiger partial charge on any atom is 0.421 e. The van der Waals surface area contributed by atoms with Crippen LogP contribution in [0.5, 0.6) is 0 Å². The minimum atomic E-state index is -4.81. The molecule has 3 N–H and O–H groups in total. The number of hydrogen-bond donors (Lipinski definition) is 2. The van der Waals surface area contributed by atoms with Crippen molar-refractivity contribution in [1.82, 2.24) is 14.4 Å². The van der Waals surface area contributed by atoms with E-state index in [0.717, 1.165) is 12.5 Å². The fraction of sp³-hybridized carbons (Fsp3) is 0.300. The van der Waals surface area contributed by atoms with Gasteiger partial charge in [-0.1, -0.05) is 12.1 Å². The first-order valence-corrected chi connectivity index (χ1v) is 8.88. The predicted octanol–water partition coefficient (Wildman–Crippen LogP) is 4.06. The number of benzene rings is 1. The summed E-state index contributed by atoms with van der Waals surface area (Å²) in [6, 6.07) is 4.12. The molecule has 0 amide bonds. The molecule has 0 spiro atoms. The van der Waals surface area contributed by atoms with E-state index in [1.807, 2.05) is 6.92 Å². The molecule has 3 aromatic rings. The smallest absolute Gasteiger partial charge is 0.421 e. The molecule has 154 valence electrons. The van der Waals surface area contributed by atoms with E-state index in [9.17, 15) is 18.3 Å². The van der Waals surface area contributed by atoms with E-state index in [4.69, 9.17) is 10.5 Å². The Morgan fingerprint density at radius 3 is 2.69 bits per heavy atom. The molecule has 1 atom stereocenters. The summed E-state index contributed by atoms with van der Waals surface area (Å²) >= 11 is 0. The lowest BCUT2D eigenvalue weighted by Gasteiger charge is -2.27. The van der Waals surface area contributed by atoms with Crippen molar-refractivity contribution in [2.45, 2.75) is 32.5 Å². The molecule has 1 aromatic carbocycles. The number of rotatable bonds is 5. The zero-order valence-electron chi connectivity index (χ0n) is 16.2. The van der Waals surface area contributed by atoms with Crippen LogP contribution in [0.2, 0.25) is 0 Å². The molecule has 0 saturated heterocycles. The van der Waals surface area contributed by atoms with Gasteiger partial charge in [-0.2, -0.15) is 13.2 Å². The van der Waals surface area contributed by atoms with Crippen molar-refractivity contribution >= 4 is 17.5 Å². The van der Waals surface area contributed by atoms with Gasteiger partial charge in [-0.25, -0.2) is 9.97 Å². The van der Waals surface area contributed by atoms with E-state index in [-0.39, 0.29) is 11.4 Å². The van der Waals surface area contributed by atoms with Gasteiger partial charge >= 0.3 is 6.18 Å². The van der Waals surface area contributed by atoms with Crippen LogP contribution in [-0.2, 0) is 10.3 Å². The molecular weight excluding hydrogens is 385 g/mol. The Hall–Kier alpha value is -3.07. The summed E-state index contributed by atoms with van der Waals surface area (Å²) in [5, 5.41) is 10.1. The first-order valence-electron chi connectivity index (χ1n) is 8.88. The van der Waals surface area contributed by atoms with E-state index in [2.05, 4.69) is 9.97 Å². The van der Waals surface area contributed by atoms with E-state index < -0.39 is 11.8 Å². The van der Waals surface area contributed by atoms with Gasteiger partial charge in [0.05, 0.1) is 30.5 Å². The SMILES string of the molecule is CCO/C=C/c1cn2c(-c3cc(C(C)(O)C(F)(F)F)ccc3C)cnc2c(N)n1. The summed E-state index contributed by atoms with van der Waals surface area (Å²) < 4.78 is 46.7. The molecule has 3 rings (SSSR count). The number of aryl methyl sites for hydroxylation is 1. The summed E-state index contributed by atoms with van der Waals surface area (Å²) in [6.45, 7) is 4.83. The number of ether oxygens (including phenoxy) is 1. The molecule has 2 heterocycles. The van der Waals surface area contributed by atoms with Crippen LogP contribution in [0.3, 0.4) is 0 Å². The largest absolute Gasteiger partial charge is 0.501 e. The first-order chi connectivity index (χ1) is 13.6. The van der Waals surface area contributed by atoms with Crippen LogP contribution in [0, 0.1) is 6.92 Å². The van der Waals surface area contributed by atoms with Crippen molar-refractivity contribution in [3.05, 3.63) is 53.7 Å². The van der Waals surface area contributed by atoms with Crippen molar-refractivity contribution in [3.63, 3.8) is 0 Å². The third-order valence-electron chi connectivity index (χ3n) is 4.67. The van der Waals surface area contributed by atoms with Crippen molar-refractivity contribution in [3.8, 4) is 11.3 Å². The lowest BCUT2D eigenvalue weighted by molar-refractivity contribution is -0.258. The highest BCUT2D eigenvalue weighted by molar-refractivity contribution is 5.73. The molecular formula is C20H21F3N4O2. The van der Waals surface area contributed by atoms with Gasteiger partial charge in [0.2, 0.25) is 0 Å². The molecule has 29 heavy (non-hydrogen) atoms. The van der Waals surface area contributed by atoms with Crippen LogP contribution in [0.15, 0.2) is 36.9 Å². The highest BCUT2D eigenvalue weighted by atomic mass is 19.4. The topological polar surface area (TPSA) is 85.7 Å². The standard InChI is InChI=1S/C20H21F3N4O2/c1-4-29-8-7-14-11-27-16(10-25-18(27)17(24)26-14)15-9-13(6-5-12(15)2)19(3,28)20(21,22)23/h5-11,28H,4H2,1-3H3,(H2,24,26)/b8-7+. The van der Waals surface area contributed by atoms with E-state index in [0.29, 0.717) is 29.2 Å². The summed E-state index contributed by atoms with van der Waals surface area (Å²) in [5.41, 5.74) is 5.35. The maximum absolute atomic E-state index is 13.3. The molecule has 2 aromatic heterocycles. The minimum Gasteiger partial charge on any atom is -0.501 e. The Morgan fingerprint density at radius 2 is 2.03 bits per heavy atom. The highest BCUT2D eigenvalue weighted by Gasteiger charge is 2.51. The van der Waals surface area contributed by atoms with E-state index in [1.165, 1.54) is 30.7 Å². The van der Waals surface area contributed by atoms with Gasteiger partial charge in [0.15, 0.2) is 17.1 Å². The summed E-state index contributed by atoms with van der Waals surface area (Å²) in [7, 11) is 0. The van der Waals surface area contributed by atoms with Gasteiger partial charge in [0.25, 0.3) is 0 Å². The number of alkyl halides is 3. The van der Waals surface area contributed by atoms with Crippen LogP contribution >= 0.6 is 0 Å². The minimum absolute atomic E-state index is 0.172. The van der Waals surface area contributed by atoms with Gasteiger partial charge < -0.3 is 15.6 Å². The molecule has 9 heteroatoms. The Labute approximate surface area is 165 Å². The van der Waals surface area contributed by atoms with Gasteiger partial charge in [-0.05, 0) is 44.0 Å². The van der Waals surface area contributed by atoms with Crippen molar-refractivity contribution in [2.75, 3.05) is 12.3 Å². The number of anilines is 1. The number of nitrogens with two attached hydrogens (primary N) is 1. The first kappa shape index (κ1) is 20.7. The van der Waals surface area contributed by atoms with E-state index in [1.54, 1.807) is 23.6 Å². The molecule has 0 aliphatic carbocycles. The second-order valence-electron chi connectivity index (χ2n) is 6.75. The van der Waals surface area contributed by atoms with Crippen molar-refractivity contribution in [2.24, 2.45) is 0 Å². The van der Waals surface area contributed by atoms with Crippen LogP contribution < -0.4 is 5.73 Å². The number of hydrogen-bond acceptors (Lipinski definition) is 5. The van der Waals surface area contributed by atoms with E-state index >= 15 is 0 Å².